The maximum Gasteiger partial charge on any atom is 0.337 e. The van der Waals surface area contributed by atoms with E-state index >= 15 is 0 Å². The molecule has 0 saturated carbocycles. The number of anilines is 2. The number of aliphatic hydroxyl groups excluding tert-OH is 1. The molecular formula is C18H22N4O5. The summed E-state index contributed by atoms with van der Waals surface area (Å²) in [5.41, 5.74) is 2.70. The maximum atomic E-state index is 12.6. The fraction of sp³-hybridized carbons (Fsp3) is 0.389. The van der Waals surface area contributed by atoms with Crippen molar-refractivity contribution in [3.05, 3.63) is 35.0 Å². The highest BCUT2D eigenvalue weighted by atomic mass is 16.5. The molecule has 9 heteroatoms. The van der Waals surface area contributed by atoms with Gasteiger partial charge in [0.05, 0.1) is 31.5 Å². The van der Waals surface area contributed by atoms with Crippen LogP contribution < -0.4 is 10.2 Å². The van der Waals surface area contributed by atoms with Gasteiger partial charge in [0.1, 0.15) is 5.70 Å². The number of benzene rings is 1. The summed E-state index contributed by atoms with van der Waals surface area (Å²) in [6, 6.07) is 5.30. The minimum Gasteiger partial charge on any atom is -0.466 e. The third-order valence-corrected chi connectivity index (χ3v) is 4.68. The molecule has 0 atom stereocenters. The molecule has 3 rings (SSSR count). The Bertz CT molecular complexity index is 835. The Labute approximate surface area is 156 Å². The van der Waals surface area contributed by atoms with Gasteiger partial charge in [0.25, 0.3) is 5.91 Å². The van der Waals surface area contributed by atoms with Crippen molar-refractivity contribution in [3.63, 3.8) is 0 Å². The molecule has 0 aliphatic carbocycles. The number of β-amino-alcohol motifs (C(OH)–C–C–N with tert-alkyl or cyclic N) is 1. The molecule has 0 aromatic heterocycles. The summed E-state index contributed by atoms with van der Waals surface area (Å²) in [5, 5.41) is 12.1. The van der Waals surface area contributed by atoms with Gasteiger partial charge in [-0.2, -0.15) is 0 Å². The minimum absolute atomic E-state index is 0.0827. The van der Waals surface area contributed by atoms with Crippen molar-refractivity contribution in [2.45, 2.75) is 6.54 Å². The molecule has 0 fully saturated rings. The molecule has 0 unspecified atom stereocenters. The molecule has 0 spiro atoms. The predicted molar refractivity (Wildman–Crippen MR) is 98.0 cm³/mol. The summed E-state index contributed by atoms with van der Waals surface area (Å²) < 4.78 is 4.78. The Hall–Kier alpha value is -3.07. The monoisotopic (exact) mass is 374 g/mol. The fourth-order valence-corrected chi connectivity index (χ4v) is 3.29. The number of urea groups is 1. The van der Waals surface area contributed by atoms with Crippen LogP contribution in [0.3, 0.4) is 0 Å². The van der Waals surface area contributed by atoms with E-state index in [1.54, 1.807) is 36.0 Å². The first-order valence-electron chi connectivity index (χ1n) is 8.47. The van der Waals surface area contributed by atoms with E-state index in [1.165, 1.54) is 12.0 Å². The number of amides is 3. The van der Waals surface area contributed by atoms with Gasteiger partial charge in [-0.1, -0.05) is 0 Å². The van der Waals surface area contributed by atoms with Crippen LogP contribution in [0.25, 0.3) is 0 Å². The molecule has 0 radical (unpaired) electrons. The zero-order valence-corrected chi connectivity index (χ0v) is 15.5. The summed E-state index contributed by atoms with van der Waals surface area (Å²) in [5.74, 6) is -0.958. The van der Waals surface area contributed by atoms with Crippen LogP contribution in [-0.2, 0) is 20.9 Å². The highest BCUT2D eigenvalue weighted by molar-refractivity contribution is 6.08. The molecule has 2 aliphatic heterocycles. The summed E-state index contributed by atoms with van der Waals surface area (Å²) in [7, 11) is 4.68. The van der Waals surface area contributed by atoms with Gasteiger partial charge in [-0.3, -0.25) is 9.69 Å². The SMILES string of the molecule is COC(=O)C1=C(Nc2ccc3c(c2)CN(C)C(=O)N3C)C(=O)N(CCO)C1. The molecule has 0 saturated heterocycles. The molecular weight excluding hydrogens is 352 g/mol. The molecule has 3 amide bonds. The van der Waals surface area contributed by atoms with Crippen molar-refractivity contribution in [2.24, 2.45) is 0 Å². The number of rotatable bonds is 5. The largest absolute Gasteiger partial charge is 0.466 e. The summed E-state index contributed by atoms with van der Waals surface area (Å²) in [6.45, 7) is 0.465. The highest BCUT2D eigenvalue weighted by Crippen LogP contribution is 2.31. The minimum atomic E-state index is -0.589. The maximum absolute atomic E-state index is 12.6. The Balaban J connectivity index is 1.91. The normalized spacial score (nSPS) is 16.8. The molecule has 144 valence electrons. The lowest BCUT2D eigenvalue weighted by Gasteiger charge is -2.33. The number of ether oxygens (including phenoxy) is 1. The summed E-state index contributed by atoms with van der Waals surface area (Å²) >= 11 is 0. The lowest BCUT2D eigenvalue weighted by Crippen LogP contribution is -2.42. The smallest absolute Gasteiger partial charge is 0.337 e. The van der Waals surface area contributed by atoms with E-state index in [4.69, 9.17) is 9.84 Å². The molecule has 1 aromatic carbocycles. The van der Waals surface area contributed by atoms with E-state index in [2.05, 4.69) is 5.32 Å². The van der Waals surface area contributed by atoms with Gasteiger partial charge >= 0.3 is 12.0 Å². The van der Waals surface area contributed by atoms with E-state index in [9.17, 15) is 14.4 Å². The van der Waals surface area contributed by atoms with Gasteiger partial charge in [0, 0.05) is 32.9 Å². The van der Waals surface area contributed by atoms with E-state index < -0.39 is 5.97 Å². The van der Waals surface area contributed by atoms with Crippen LogP contribution in [0.15, 0.2) is 29.5 Å². The Kier molecular flexibility index (Phi) is 5.04. The molecule has 2 heterocycles. The van der Waals surface area contributed by atoms with Gasteiger partial charge in [-0.15, -0.1) is 0 Å². The standard InChI is InChI=1S/C18H22N4O5/c1-20-9-11-8-12(4-5-14(11)21(2)18(20)26)19-15-13(17(25)27-3)10-22(6-7-23)16(15)24/h4-5,8,19,23H,6-7,9-10H2,1-3H3. The highest BCUT2D eigenvalue weighted by Gasteiger charge is 2.34. The van der Waals surface area contributed by atoms with Gasteiger partial charge in [-0.25, -0.2) is 9.59 Å². The van der Waals surface area contributed by atoms with E-state index in [0.717, 1.165) is 11.3 Å². The second kappa shape index (κ2) is 7.28. The van der Waals surface area contributed by atoms with Crippen LogP contribution in [0.5, 0.6) is 0 Å². The summed E-state index contributed by atoms with van der Waals surface area (Å²) in [4.78, 5) is 41.2. The number of esters is 1. The van der Waals surface area contributed by atoms with Crippen LogP contribution >= 0.6 is 0 Å². The third-order valence-electron chi connectivity index (χ3n) is 4.68. The predicted octanol–water partition coefficient (Wildman–Crippen LogP) is 0.362. The topological polar surface area (TPSA) is 102 Å². The fourth-order valence-electron chi connectivity index (χ4n) is 3.29. The second-order valence-corrected chi connectivity index (χ2v) is 6.46. The van der Waals surface area contributed by atoms with Gasteiger partial charge < -0.3 is 25.0 Å². The zero-order valence-electron chi connectivity index (χ0n) is 15.5. The van der Waals surface area contributed by atoms with Crippen LogP contribution in [0.1, 0.15) is 5.56 Å². The number of nitrogens with zero attached hydrogens (tertiary/aromatic N) is 3. The first kappa shape index (κ1) is 18.7. The Morgan fingerprint density at radius 2 is 2.00 bits per heavy atom. The molecule has 2 aliphatic rings. The Morgan fingerprint density at radius 3 is 2.67 bits per heavy atom. The number of carbonyl (C=O) groups excluding carboxylic acids is 3. The first-order valence-corrected chi connectivity index (χ1v) is 8.47. The number of fused-ring (bicyclic) bond motifs is 1. The van der Waals surface area contributed by atoms with Crippen molar-refractivity contribution >= 4 is 29.3 Å². The number of nitrogens with one attached hydrogen (secondary N) is 1. The van der Waals surface area contributed by atoms with E-state index in [1.807, 2.05) is 6.07 Å². The van der Waals surface area contributed by atoms with Crippen molar-refractivity contribution in [1.82, 2.24) is 9.80 Å². The van der Waals surface area contributed by atoms with Crippen molar-refractivity contribution in [1.29, 1.82) is 0 Å². The van der Waals surface area contributed by atoms with Gasteiger partial charge in [-0.05, 0) is 23.8 Å². The Morgan fingerprint density at radius 1 is 1.26 bits per heavy atom. The lowest BCUT2D eigenvalue weighted by molar-refractivity contribution is -0.136. The van der Waals surface area contributed by atoms with E-state index in [-0.39, 0.29) is 42.9 Å². The molecule has 1 aromatic rings. The van der Waals surface area contributed by atoms with E-state index in [0.29, 0.717) is 12.2 Å². The van der Waals surface area contributed by atoms with Crippen LogP contribution in [-0.4, -0.2) is 73.7 Å². The quantitative estimate of drug-likeness (QED) is 0.722. The van der Waals surface area contributed by atoms with Crippen molar-refractivity contribution < 1.29 is 24.2 Å². The van der Waals surface area contributed by atoms with Crippen molar-refractivity contribution in [2.75, 3.05) is 51.1 Å². The van der Waals surface area contributed by atoms with Crippen molar-refractivity contribution in [3.8, 4) is 0 Å². The van der Waals surface area contributed by atoms with Crippen LogP contribution in [0.4, 0.5) is 16.2 Å². The van der Waals surface area contributed by atoms with Crippen LogP contribution in [0, 0.1) is 0 Å². The molecule has 0 bridgehead atoms. The van der Waals surface area contributed by atoms with Crippen LogP contribution in [0.2, 0.25) is 0 Å². The first-order chi connectivity index (χ1) is 12.9. The third kappa shape index (κ3) is 3.33. The number of carbonyl (C=O) groups is 3. The molecule has 9 nitrogen and oxygen atoms in total. The zero-order chi connectivity index (χ0) is 19.7. The van der Waals surface area contributed by atoms with Gasteiger partial charge in [0.15, 0.2) is 0 Å². The number of hydrogen-bond acceptors (Lipinski definition) is 6. The average molecular weight is 374 g/mol. The lowest BCUT2D eigenvalue weighted by atomic mass is 10.1. The second-order valence-electron chi connectivity index (χ2n) is 6.46. The van der Waals surface area contributed by atoms with Gasteiger partial charge in [0.2, 0.25) is 0 Å². The number of hydrogen-bond donors (Lipinski definition) is 2. The molecule has 27 heavy (non-hydrogen) atoms. The summed E-state index contributed by atoms with van der Waals surface area (Å²) in [6.07, 6.45) is 0. The number of aliphatic hydroxyl groups is 1. The number of methoxy groups -OCH3 is 1. The molecule has 2 N–H and O–H groups in total. The average Bonchev–Trinajstić information content (AvgIpc) is 2.95.